The molecule has 2 aromatic rings. The van der Waals surface area contributed by atoms with Crippen LogP contribution in [0.4, 0.5) is 0 Å². The topological polar surface area (TPSA) is 76.7 Å². The molecule has 1 N–H and O–H groups in total. The fraction of sp³-hybridized carbons (Fsp3) is 0.231. The summed E-state index contributed by atoms with van der Waals surface area (Å²) in [6.07, 6.45) is 1.38. The predicted molar refractivity (Wildman–Crippen MR) is 65.0 cm³/mol. The number of benzene rings is 1. The zero-order valence-electron chi connectivity index (χ0n) is 9.80. The van der Waals surface area contributed by atoms with Crippen LogP contribution in [-0.4, -0.2) is 18.2 Å². The van der Waals surface area contributed by atoms with Gasteiger partial charge in [0.15, 0.2) is 5.43 Å². The molecule has 0 amide bonds. The normalized spacial score (nSPS) is 10.5. The lowest BCUT2D eigenvalue weighted by atomic mass is 10.1. The lowest BCUT2D eigenvalue weighted by Gasteiger charge is -2.03. The SMILES string of the molecule is COc1ccc2occ(CCC(=O)O)c(=O)c2c1. The fourth-order valence-electron chi connectivity index (χ4n) is 1.69. The highest BCUT2D eigenvalue weighted by Crippen LogP contribution is 2.18. The first-order chi connectivity index (χ1) is 8.61. The molecular formula is C13H12O5. The molecule has 0 aliphatic rings. The van der Waals surface area contributed by atoms with Crippen molar-refractivity contribution in [2.45, 2.75) is 12.8 Å². The number of carboxylic acids is 1. The van der Waals surface area contributed by atoms with Crippen molar-refractivity contribution in [2.24, 2.45) is 0 Å². The van der Waals surface area contributed by atoms with Crippen LogP contribution in [0.5, 0.6) is 5.75 Å². The summed E-state index contributed by atoms with van der Waals surface area (Å²) in [5.41, 5.74) is 0.606. The zero-order valence-corrected chi connectivity index (χ0v) is 9.80. The second-order valence-electron chi connectivity index (χ2n) is 3.85. The zero-order chi connectivity index (χ0) is 13.1. The molecule has 1 heterocycles. The summed E-state index contributed by atoms with van der Waals surface area (Å²) in [6, 6.07) is 4.93. The van der Waals surface area contributed by atoms with E-state index in [1.165, 1.54) is 13.4 Å². The second kappa shape index (κ2) is 4.91. The summed E-state index contributed by atoms with van der Waals surface area (Å²) in [5, 5.41) is 9.01. The highest BCUT2D eigenvalue weighted by molar-refractivity contribution is 5.78. The van der Waals surface area contributed by atoms with Crippen LogP contribution in [0.1, 0.15) is 12.0 Å². The van der Waals surface area contributed by atoms with Crippen LogP contribution in [0.15, 0.2) is 33.7 Å². The van der Waals surface area contributed by atoms with Gasteiger partial charge in [0.05, 0.1) is 18.8 Å². The monoisotopic (exact) mass is 248 g/mol. The molecule has 18 heavy (non-hydrogen) atoms. The molecule has 5 heteroatoms. The molecule has 0 spiro atoms. The van der Waals surface area contributed by atoms with E-state index in [0.717, 1.165) is 0 Å². The van der Waals surface area contributed by atoms with Crippen LogP contribution in [0.3, 0.4) is 0 Å². The molecular weight excluding hydrogens is 236 g/mol. The molecule has 0 radical (unpaired) electrons. The Kier molecular flexibility index (Phi) is 3.32. The third-order valence-corrected chi connectivity index (χ3v) is 2.66. The average Bonchev–Trinajstić information content (AvgIpc) is 2.37. The third-order valence-electron chi connectivity index (χ3n) is 2.66. The van der Waals surface area contributed by atoms with Gasteiger partial charge in [0.25, 0.3) is 0 Å². The Morgan fingerprint density at radius 1 is 1.44 bits per heavy atom. The standard InChI is InChI=1S/C13H12O5/c1-17-9-3-4-11-10(6-9)13(16)8(7-18-11)2-5-12(14)15/h3-4,6-7H,2,5H2,1H3,(H,14,15). The Hall–Kier alpha value is -2.30. The van der Waals surface area contributed by atoms with E-state index in [0.29, 0.717) is 22.3 Å². The minimum Gasteiger partial charge on any atom is -0.497 e. The van der Waals surface area contributed by atoms with Crippen LogP contribution in [0, 0.1) is 0 Å². The van der Waals surface area contributed by atoms with E-state index in [2.05, 4.69) is 0 Å². The molecule has 5 nitrogen and oxygen atoms in total. The summed E-state index contributed by atoms with van der Waals surface area (Å²) in [7, 11) is 1.51. The van der Waals surface area contributed by atoms with Gasteiger partial charge in [-0.3, -0.25) is 9.59 Å². The van der Waals surface area contributed by atoms with E-state index in [9.17, 15) is 9.59 Å². The van der Waals surface area contributed by atoms with Crippen molar-refractivity contribution in [1.82, 2.24) is 0 Å². The number of methoxy groups -OCH3 is 1. The minimum absolute atomic E-state index is 0.0970. The minimum atomic E-state index is -0.944. The first-order valence-corrected chi connectivity index (χ1v) is 5.42. The van der Waals surface area contributed by atoms with Crippen molar-refractivity contribution in [3.8, 4) is 5.75 Å². The molecule has 0 fully saturated rings. The Morgan fingerprint density at radius 3 is 2.89 bits per heavy atom. The first kappa shape index (κ1) is 12.2. The van der Waals surface area contributed by atoms with Crippen molar-refractivity contribution in [3.05, 3.63) is 40.2 Å². The maximum atomic E-state index is 12.1. The number of carbonyl (C=O) groups is 1. The van der Waals surface area contributed by atoms with E-state index in [4.69, 9.17) is 14.3 Å². The molecule has 0 bridgehead atoms. The number of aryl methyl sites for hydroxylation is 1. The molecule has 0 unspecified atom stereocenters. The summed E-state index contributed by atoms with van der Waals surface area (Å²) in [6.45, 7) is 0. The van der Waals surface area contributed by atoms with Gasteiger partial charge in [0.2, 0.25) is 0 Å². The molecule has 2 rings (SSSR count). The largest absolute Gasteiger partial charge is 0.497 e. The number of ether oxygens (including phenoxy) is 1. The molecule has 0 saturated carbocycles. The molecule has 1 aromatic heterocycles. The number of carboxylic acid groups (broad SMARTS) is 1. The van der Waals surface area contributed by atoms with Crippen molar-refractivity contribution in [1.29, 1.82) is 0 Å². The van der Waals surface area contributed by atoms with Crippen molar-refractivity contribution in [3.63, 3.8) is 0 Å². The van der Waals surface area contributed by atoms with E-state index < -0.39 is 5.97 Å². The average molecular weight is 248 g/mol. The quantitative estimate of drug-likeness (QED) is 0.893. The van der Waals surface area contributed by atoms with Gasteiger partial charge in [-0.25, -0.2) is 0 Å². The Balaban J connectivity index is 2.48. The molecule has 0 atom stereocenters. The highest BCUT2D eigenvalue weighted by atomic mass is 16.5. The van der Waals surface area contributed by atoms with Gasteiger partial charge in [0.1, 0.15) is 11.3 Å². The number of hydrogen-bond acceptors (Lipinski definition) is 4. The van der Waals surface area contributed by atoms with Crippen LogP contribution in [-0.2, 0) is 11.2 Å². The van der Waals surface area contributed by atoms with Gasteiger partial charge in [0, 0.05) is 12.0 Å². The van der Waals surface area contributed by atoms with Gasteiger partial charge in [-0.1, -0.05) is 0 Å². The van der Waals surface area contributed by atoms with Crippen LogP contribution in [0.25, 0.3) is 11.0 Å². The van der Waals surface area contributed by atoms with Crippen molar-refractivity contribution >= 4 is 16.9 Å². The van der Waals surface area contributed by atoms with Crippen LogP contribution < -0.4 is 10.2 Å². The molecule has 1 aromatic carbocycles. The predicted octanol–water partition coefficient (Wildman–Crippen LogP) is 1.82. The summed E-state index contributed by atoms with van der Waals surface area (Å²) in [4.78, 5) is 22.6. The van der Waals surface area contributed by atoms with E-state index in [-0.39, 0.29) is 18.3 Å². The first-order valence-electron chi connectivity index (χ1n) is 5.42. The lowest BCUT2D eigenvalue weighted by Crippen LogP contribution is -2.10. The highest BCUT2D eigenvalue weighted by Gasteiger charge is 2.09. The van der Waals surface area contributed by atoms with Gasteiger partial charge in [-0.2, -0.15) is 0 Å². The third kappa shape index (κ3) is 2.34. The van der Waals surface area contributed by atoms with Gasteiger partial charge in [-0.15, -0.1) is 0 Å². The van der Waals surface area contributed by atoms with Gasteiger partial charge >= 0.3 is 5.97 Å². The fourth-order valence-corrected chi connectivity index (χ4v) is 1.69. The van der Waals surface area contributed by atoms with Crippen LogP contribution >= 0.6 is 0 Å². The molecule has 0 aliphatic carbocycles. The Labute approximate surface area is 103 Å². The van der Waals surface area contributed by atoms with Crippen molar-refractivity contribution in [2.75, 3.05) is 7.11 Å². The molecule has 0 saturated heterocycles. The second-order valence-corrected chi connectivity index (χ2v) is 3.85. The smallest absolute Gasteiger partial charge is 0.303 e. The maximum Gasteiger partial charge on any atom is 0.303 e. The Morgan fingerprint density at radius 2 is 2.22 bits per heavy atom. The number of aliphatic carboxylic acids is 1. The van der Waals surface area contributed by atoms with E-state index in [1.807, 2.05) is 0 Å². The number of fused-ring (bicyclic) bond motifs is 1. The van der Waals surface area contributed by atoms with E-state index in [1.54, 1.807) is 18.2 Å². The van der Waals surface area contributed by atoms with Crippen molar-refractivity contribution < 1.29 is 19.1 Å². The molecule has 94 valence electrons. The summed E-state index contributed by atoms with van der Waals surface area (Å²) < 4.78 is 10.3. The lowest BCUT2D eigenvalue weighted by molar-refractivity contribution is -0.136. The summed E-state index contributed by atoms with van der Waals surface area (Å²) >= 11 is 0. The molecule has 0 aliphatic heterocycles. The van der Waals surface area contributed by atoms with Gasteiger partial charge in [-0.05, 0) is 24.6 Å². The number of hydrogen-bond donors (Lipinski definition) is 1. The Bertz CT molecular complexity index is 641. The summed E-state index contributed by atoms with van der Waals surface area (Å²) in [5.74, 6) is -0.384. The maximum absolute atomic E-state index is 12.1. The van der Waals surface area contributed by atoms with Gasteiger partial charge < -0.3 is 14.3 Å². The number of rotatable bonds is 4. The van der Waals surface area contributed by atoms with Crippen LogP contribution in [0.2, 0.25) is 0 Å². The van der Waals surface area contributed by atoms with E-state index >= 15 is 0 Å².